The first-order chi connectivity index (χ1) is 16.4. The zero-order chi connectivity index (χ0) is 23.8. The molecule has 5 rings (SSSR count). The number of pyridine rings is 1. The fourth-order valence-corrected chi connectivity index (χ4v) is 4.62. The normalized spacial score (nSPS) is 11.3. The summed E-state index contributed by atoms with van der Waals surface area (Å²) in [5.74, 6) is -0.129. The summed E-state index contributed by atoms with van der Waals surface area (Å²) in [5, 5.41) is 4.99. The SMILES string of the molecule is Cc1cc2nc(-c3c[nH]c4ccc(Br)cc34)cc(C(=O)NCc3cccc(CN)c3)c2cc1C. The molecule has 2 aromatic heterocycles. The van der Waals surface area contributed by atoms with Crippen LogP contribution in [0.15, 0.2) is 71.3 Å². The van der Waals surface area contributed by atoms with Crippen molar-refractivity contribution in [2.75, 3.05) is 0 Å². The number of aryl methyl sites for hydroxylation is 2. The quantitative estimate of drug-likeness (QED) is 0.264. The number of fused-ring (bicyclic) bond motifs is 2. The van der Waals surface area contributed by atoms with E-state index in [1.165, 1.54) is 0 Å². The number of benzene rings is 3. The average Bonchev–Trinajstić information content (AvgIpc) is 3.26. The van der Waals surface area contributed by atoms with E-state index < -0.39 is 0 Å². The minimum absolute atomic E-state index is 0.129. The number of halogens is 1. The summed E-state index contributed by atoms with van der Waals surface area (Å²) in [6.45, 7) is 5.02. The molecule has 0 bridgehead atoms. The van der Waals surface area contributed by atoms with Gasteiger partial charge in [0.25, 0.3) is 5.91 Å². The Hall–Kier alpha value is -3.48. The largest absolute Gasteiger partial charge is 0.360 e. The van der Waals surface area contributed by atoms with Gasteiger partial charge in [-0.05, 0) is 72.5 Å². The highest BCUT2D eigenvalue weighted by atomic mass is 79.9. The van der Waals surface area contributed by atoms with Crippen molar-refractivity contribution in [2.45, 2.75) is 26.9 Å². The lowest BCUT2D eigenvalue weighted by molar-refractivity contribution is 0.0952. The molecule has 34 heavy (non-hydrogen) atoms. The van der Waals surface area contributed by atoms with Gasteiger partial charge in [-0.15, -0.1) is 0 Å². The lowest BCUT2D eigenvalue weighted by atomic mass is 9.99. The van der Waals surface area contributed by atoms with Gasteiger partial charge >= 0.3 is 0 Å². The summed E-state index contributed by atoms with van der Waals surface area (Å²) < 4.78 is 0.991. The van der Waals surface area contributed by atoms with E-state index >= 15 is 0 Å². The number of rotatable bonds is 5. The molecule has 170 valence electrons. The molecule has 0 atom stereocenters. The summed E-state index contributed by atoms with van der Waals surface area (Å²) in [7, 11) is 0. The van der Waals surface area contributed by atoms with Crippen LogP contribution in [0.5, 0.6) is 0 Å². The summed E-state index contributed by atoms with van der Waals surface area (Å²) >= 11 is 3.57. The highest BCUT2D eigenvalue weighted by Gasteiger charge is 2.17. The van der Waals surface area contributed by atoms with Crippen LogP contribution in [-0.4, -0.2) is 15.9 Å². The van der Waals surface area contributed by atoms with Gasteiger partial charge in [0.2, 0.25) is 0 Å². The van der Waals surface area contributed by atoms with E-state index in [2.05, 4.69) is 58.3 Å². The second kappa shape index (κ2) is 9.05. The van der Waals surface area contributed by atoms with Crippen molar-refractivity contribution in [2.24, 2.45) is 5.73 Å². The van der Waals surface area contributed by atoms with E-state index in [0.29, 0.717) is 18.7 Å². The van der Waals surface area contributed by atoms with Crippen molar-refractivity contribution in [3.63, 3.8) is 0 Å². The zero-order valence-electron chi connectivity index (χ0n) is 19.1. The number of nitrogens with two attached hydrogens (primary N) is 1. The Bertz CT molecular complexity index is 1550. The van der Waals surface area contributed by atoms with Crippen molar-refractivity contribution in [1.82, 2.24) is 15.3 Å². The molecular weight excluding hydrogens is 488 g/mol. The first kappa shape index (κ1) is 22.3. The number of hydrogen-bond acceptors (Lipinski definition) is 3. The van der Waals surface area contributed by atoms with Crippen LogP contribution in [0.3, 0.4) is 0 Å². The zero-order valence-corrected chi connectivity index (χ0v) is 20.7. The molecule has 5 nitrogen and oxygen atoms in total. The highest BCUT2D eigenvalue weighted by molar-refractivity contribution is 9.10. The second-order valence-corrected chi connectivity index (χ2v) is 9.52. The van der Waals surface area contributed by atoms with Crippen LogP contribution in [0, 0.1) is 13.8 Å². The maximum atomic E-state index is 13.4. The first-order valence-electron chi connectivity index (χ1n) is 11.2. The van der Waals surface area contributed by atoms with Gasteiger partial charge < -0.3 is 16.0 Å². The van der Waals surface area contributed by atoms with Crippen LogP contribution in [0.4, 0.5) is 0 Å². The number of nitrogens with zero attached hydrogens (tertiary/aromatic N) is 1. The molecule has 0 aliphatic rings. The van der Waals surface area contributed by atoms with Gasteiger partial charge in [0.1, 0.15) is 0 Å². The standard InChI is InChI=1S/C28H25BrN4O/c1-16-8-21-23(28(34)32-14-19-5-3-4-18(10-19)13-30)12-27(33-26(21)9-17(16)2)24-15-31-25-7-6-20(29)11-22(24)25/h3-12,15,31H,13-14,30H2,1-2H3,(H,32,34). The van der Waals surface area contributed by atoms with Crippen LogP contribution in [0.25, 0.3) is 33.1 Å². The number of hydrogen-bond donors (Lipinski definition) is 3. The molecule has 3 aromatic carbocycles. The molecule has 0 aliphatic heterocycles. The molecule has 0 unspecified atom stereocenters. The van der Waals surface area contributed by atoms with E-state index in [0.717, 1.165) is 59.8 Å². The lowest BCUT2D eigenvalue weighted by Crippen LogP contribution is -2.23. The van der Waals surface area contributed by atoms with Gasteiger partial charge in [-0.2, -0.15) is 0 Å². The smallest absolute Gasteiger partial charge is 0.252 e. The number of carbonyl (C=O) groups excluding carboxylic acids is 1. The van der Waals surface area contributed by atoms with E-state index in [9.17, 15) is 4.79 Å². The van der Waals surface area contributed by atoms with Crippen molar-refractivity contribution >= 4 is 43.6 Å². The minimum Gasteiger partial charge on any atom is -0.360 e. The molecule has 0 aliphatic carbocycles. The number of nitrogens with one attached hydrogen (secondary N) is 2. The summed E-state index contributed by atoms with van der Waals surface area (Å²) in [6.07, 6.45) is 1.95. The van der Waals surface area contributed by atoms with Gasteiger partial charge in [-0.3, -0.25) is 4.79 Å². The Morgan fingerprint density at radius 3 is 2.62 bits per heavy atom. The number of amides is 1. The van der Waals surface area contributed by atoms with Crippen LogP contribution < -0.4 is 11.1 Å². The van der Waals surface area contributed by atoms with E-state index in [1.54, 1.807) is 0 Å². The molecular formula is C28H25BrN4O. The van der Waals surface area contributed by atoms with E-state index in [1.807, 2.05) is 48.7 Å². The van der Waals surface area contributed by atoms with Gasteiger partial charge in [0.15, 0.2) is 0 Å². The Kier molecular flexibility index (Phi) is 5.94. The predicted molar refractivity (Wildman–Crippen MR) is 142 cm³/mol. The Balaban J connectivity index is 1.60. The number of aromatic nitrogens is 2. The molecule has 4 N–H and O–H groups in total. The summed E-state index contributed by atoms with van der Waals surface area (Å²) in [4.78, 5) is 21.7. The van der Waals surface area contributed by atoms with Crippen molar-refractivity contribution in [3.8, 4) is 11.3 Å². The molecule has 0 saturated carbocycles. The molecule has 2 heterocycles. The van der Waals surface area contributed by atoms with Crippen LogP contribution in [-0.2, 0) is 13.1 Å². The third kappa shape index (κ3) is 4.22. The monoisotopic (exact) mass is 512 g/mol. The summed E-state index contributed by atoms with van der Waals surface area (Å²) in [6, 6.07) is 20.1. The molecule has 0 spiro atoms. The molecule has 6 heteroatoms. The van der Waals surface area contributed by atoms with Gasteiger partial charge in [0.05, 0.1) is 16.8 Å². The minimum atomic E-state index is -0.129. The molecule has 0 fully saturated rings. The fraction of sp³-hybridized carbons (Fsp3) is 0.143. The first-order valence-corrected chi connectivity index (χ1v) is 12.0. The van der Waals surface area contributed by atoms with Gasteiger partial charge in [-0.1, -0.05) is 40.2 Å². The number of aromatic amines is 1. The van der Waals surface area contributed by atoms with Crippen molar-refractivity contribution in [1.29, 1.82) is 0 Å². The predicted octanol–water partition coefficient (Wildman–Crippen LogP) is 6.15. The topological polar surface area (TPSA) is 83.8 Å². The van der Waals surface area contributed by atoms with Crippen LogP contribution in [0.1, 0.15) is 32.6 Å². The van der Waals surface area contributed by atoms with Gasteiger partial charge in [0, 0.05) is 45.6 Å². The number of H-pyrrole nitrogens is 1. The second-order valence-electron chi connectivity index (χ2n) is 8.61. The lowest BCUT2D eigenvalue weighted by Gasteiger charge is -2.13. The molecule has 0 radical (unpaired) electrons. The Morgan fingerprint density at radius 2 is 1.79 bits per heavy atom. The third-order valence-corrected chi connectivity index (χ3v) is 6.76. The fourth-order valence-electron chi connectivity index (χ4n) is 4.26. The number of carbonyl (C=O) groups is 1. The maximum Gasteiger partial charge on any atom is 0.252 e. The van der Waals surface area contributed by atoms with E-state index in [4.69, 9.17) is 10.7 Å². The molecule has 5 aromatic rings. The van der Waals surface area contributed by atoms with E-state index in [-0.39, 0.29) is 5.91 Å². The van der Waals surface area contributed by atoms with Crippen LogP contribution in [0.2, 0.25) is 0 Å². The van der Waals surface area contributed by atoms with Crippen LogP contribution >= 0.6 is 15.9 Å². The molecule has 1 amide bonds. The maximum absolute atomic E-state index is 13.4. The summed E-state index contributed by atoms with van der Waals surface area (Å²) in [5.41, 5.74) is 14.3. The highest BCUT2D eigenvalue weighted by Crippen LogP contribution is 2.33. The van der Waals surface area contributed by atoms with Gasteiger partial charge in [-0.25, -0.2) is 4.98 Å². The molecule has 0 saturated heterocycles. The Labute approximate surface area is 206 Å². The van der Waals surface area contributed by atoms with Crippen molar-refractivity contribution < 1.29 is 4.79 Å². The average molecular weight is 513 g/mol. The Morgan fingerprint density at radius 1 is 1.00 bits per heavy atom. The van der Waals surface area contributed by atoms with Crippen molar-refractivity contribution in [3.05, 3.63) is 99.2 Å². The third-order valence-electron chi connectivity index (χ3n) is 6.27.